The fourth-order valence-electron chi connectivity index (χ4n) is 5.01. The smallest absolute Gasteiger partial charge is 0.303 e. The van der Waals surface area contributed by atoms with Crippen LogP contribution < -0.4 is 10.2 Å². The molecule has 2 aliphatic rings. The number of methoxy groups -OCH3 is 1. The van der Waals surface area contributed by atoms with E-state index in [0.29, 0.717) is 29.9 Å². The summed E-state index contributed by atoms with van der Waals surface area (Å²) >= 11 is 0. The second-order valence-corrected chi connectivity index (χ2v) is 10.4. The lowest BCUT2D eigenvalue weighted by molar-refractivity contribution is -0.137. The zero-order valence-corrected chi connectivity index (χ0v) is 20.9. The molecule has 0 saturated heterocycles. The first-order chi connectivity index (χ1) is 16.3. The average Bonchev–Trinajstić information content (AvgIpc) is 3.56. The number of carboxylic acid groups (broad SMARTS) is 1. The highest BCUT2D eigenvalue weighted by molar-refractivity contribution is 5.75. The van der Waals surface area contributed by atoms with E-state index < -0.39 is 5.97 Å². The summed E-state index contributed by atoms with van der Waals surface area (Å²) in [6.07, 6.45) is 7.09. The number of aliphatic carboxylic acids is 1. The number of carboxylic acids is 1. The van der Waals surface area contributed by atoms with Gasteiger partial charge in [-0.3, -0.25) is 9.89 Å². The van der Waals surface area contributed by atoms with Crippen LogP contribution in [0.4, 0.5) is 17.3 Å². The number of hydrogen-bond acceptors (Lipinski definition) is 6. The number of anilines is 3. The summed E-state index contributed by atoms with van der Waals surface area (Å²) in [7, 11) is 1.81. The van der Waals surface area contributed by atoms with Gasteiger partial charge in [0, 0.05) is 25.6 Å². The van der Waals surface area contributed by atoms with E-state index in [0.717, 1.165) is 67.8 Å². The van der Waals surface area contributed by atoms with Crippen LogP contribution in [-0.2, 0) is 9.53 Å². The van der Waals surface area contributed by atoms with Gasteiger partial charge in [-0.1, -0.05) is 26.8 Å². The van der Waals surface area contributed by atoms with Crippen LogP contribution in [-0.4, -0.2) is 52.1 Å². The molecule has 0 unspecified atom stereocenters. The third kappa shape index (κ3) is 6.09. The Morgan fingerprint density at radius 2 is 1.94 bits per heavy atom. The molecular formula is C26H39N5O3. The molecule has 186 valence electrons. The Hall–Kier alpha value is -2.61. The van der Waals surface area contributed by atoms with Gasteiger partial charge in [0.15, 0.2) is 0 Å². The molecule has 2 aliphatic carbocycles. The molecule has 8 heteroatoms. The lowest BCUT2D eigenvalue weighted by Gasteiger charge is -2.40. The highest BCUT2D eigenvalue weighted by atomic mass is 16.5. The van der Waals surface area contributed by atoms with Crippen LogP contribution >= 0.6 is 0 Å². The van der Waals surface area contributed by atoms with Crippen LogP contribution in [0.15, 0.2) is 18.2 Å². The molecule has 3 N–H and O–H groups in total. The SMILES string of the molecule is COC1CCC(N(CC(C)C)c2ccc([C@H](C)CC(=O)O)cc2Nc2n[nH]c(C3CC3)n2)CC1. The second kappa shape index (κ2) is 10.8. The third-order valence-corrected chi connectivity index (χ3v) is 7.07. The van der Waals surface area contributed by atoms with Gasteiger partial charge in [-0.25, -0.2) is 0 Å². The standard InChI is InChI=1S/C26H39N5O3/c1-16(2)15-31(20-8-10-21(34-4)11-9-20)23-12-7-19(17(3)13-24(32)33)14-22(23)27-26-28-25(29-30-26)18-5-6-18/h7,12,14,16-18,20-21H,5-6,8-11,13,15H2,1-4H3,(H,32,33)(H2,27,28,29,30)/t17-,20?,21?/m1/s1. The van der Waals surface area contributed by atoms with Crippen LogP contribution in [0.2, 0.25) is 0 Å². The summed E-state index contributed by atoms with van der Waals surface area (Å²) < 4.78 is 5.61. The monoisotopic (exact) mass is 469 g/mol. The van der Waals surface area contributed by atoms with Crippen molar-refractivity contribution in [2.45, 2.75) is 89.7 Å². The third-order valence-electron chi connectivity index (χ3n) is 7.07. The Kier molecular flexibility index (Phi) is 7.76. The summed E-state index contributed by atoms with van der Waals surface area (Å²) in [5.41, 5.74) is 3.06. The van der Waals surface area contributed by atoms with Crippen molar-refractivity contribution in [3.8, 4) is 0 Å². The van der Waals surface area contributed by atoms with E-state index in [1.807, 2.05) is 14.0 Å². The maximum atomic E-state index is 11.3. The van der Waals surface area contributed by atoms with E-state index in [1.54, 1.807) is 0 Å². The van der Waals surface area contributed by atoms with Gasteiger partial charge in [-0.05, 0) is 68.1 Å². The number of benzene rings is 1. The van der Waals surface area contributed by atoms with Gasteiger partial charge in [-0.2, -0.15) is 4.98 Å². The number of nitrogens with zero attached hydrogens (tertiary/aromatic N) is 3. The van der Waals surface area contributed by atoms with Gasteiger partial charge in [-0.15, -0.1) is 5.10 Å². The quantitative estimate of drug-likeness (QED) is 0.403. The maximum Gasteiger partial charge on any atom is 0.303 e. The molecule has 0 bridgehead atoms. The predicted molar refractivity (Wildman–Crippen MR) is 134 cm³/mol. The van der Waals surface area contributed by atoms with E-state index in [-0.39, 0.29) is 12.3 Å². The van der Waals surface area contributed by atoms with Crippen LogP contribution in [0, 0.1) is 5.92 Å². The molecule has 0 aliphatic heterocycles. The highest BCUT2D eigenvalue weighted by Crippen LogP contribution is 2.40. The van der Waals surface area contributed by atoms with E-state index in [9.17, 15) is 9.90 Å². The van der Waals surface area contributed by atoms with Crippen molar-refractivity contribution in [2.24, 2.45) is 5.92 Å². The fraction of sp³-hybridized carbons (Fsp3) is 0.654. The van der Waals surface area contributed by atoms with Crippen LogP contribution in [0.5, 0.6) is 0 Å². The summed E-state index contributed by atoms with van der Waals surface area (Å²) in [6.45, 7) is 7.41. The molecule has 0 radical (unpaired) electrons. The summed E-state index contributed by atoms with van der Waals surface area (Å²) in [5, 5.41) is 20.3. The number of nitrogens with one attached hydrogen (secondary N) is 2. The zero-order valence-electron chi connectivity index (χ0n) is 20.9. The van der Waals surface area contributed by atoms with E-state index in [1.165, 1.54) is 0 Å². The van der Waals surface area contributed by atoms with Crippen molar-refractivity contribution in [1.82, 2.24) is 15.2 Å². The molecule has 2 saturated carbocycles. The second-order valence-electron chi connectivity index (χ2n) is 10.4. The number of carbonyl (C=O) groups is 1. The number of rotatable bonds is 11. The van der Waals surface area contributed by atoms with E-state index >= 15 is 0 Å². The first-order valence-corrected chi connectivity index (χ1v) is 12.7. The average molecular weight is 470 g/mol. The maximum absolute atomic E-state index is 11.3. The molecule has 0 spiro atoms. The van der Waals surface area contributed by atoms with Gasteiger partial charge in [0.05, 0.1) is 23.9 Å². The minimum Gasteiger partial charge on any atom is -0.481 e. The number of aromatic amines is 1. The lowest BCUT2D eigenvalue weighted by Crippen LogP contribution is -2.41. The van der Waals surface area contributed by atoms with E-state index in [2.05, 4.69) is 57.4 Å². The number of aromatic nitrogens is 3. The first-order valence-electron chi connectivity index (χ1n) is 12.7. The van der Waals surface area contributed by atoms with E-state index in [4.69, 9.17) is 4.74 Å². The van der Waals surface area contributed by atoms with Crippen molar-refractivity contribution < 1.29 is 14.6 Å². The first kappa shape index (κ1) is 24.5. The normalized spacial score (nSPS) is 21.4. The zero-order chi connectivity index (χ0) is 24.2. The van der Waals surface area contributed by atoms with Crippen molar-refractivity contribution in [3.63, 3.8) is 0 Å². The van der Waals surface area contributed by atoms with Crippen molar-refractivity contribution in [1.29, 1.82) is 0 Å². The molecule has 8 nitrogen and oxygen atoms in total. The van der Waals surface area contributed by atoms with Crippen molar-refractivity contribution in [3.05, 3.63) is 29.6 Å². The Morgan fingerprint density at radius 3 is 2.56 bits per heavy atom. The molecule has 34 heavy (non-hydrogen) atoms. The van der Waals surface area contributed by atoms with Gasteiger partial charge >= 0.3 is 5.97 Å². The van der Waals surface area contributed by atoms with Crippen molar-refractivity contribution in [2.75, 3.05) is 23.9 Å². The highest BCUT2D eigenvalue weighted by Gasteiger charge is 2.29. The molecule has 1 aromatic carbocycles. The lowest BCUT2D eigenvalue weighted by atomic mass is 9.90. The van der Waals surface area contributed by atoms with Crippen LogP contribution in [0.3, 0.4) is 0 Å². The minimum absolute atomic E-state index is 0.0861. The molecule has 1 aromatic heterocycles. The summed E-state index contributed by atoms with van der Waals surface area (Å²) in [6, 6.07) is 6.75. The van der Waals surface area contributed by atoms with Gasteiger partial charge in [0.1, 0.15) is 5.82 Å². The number of ether oxygens (including phenoxy) is 1. The predicted octanol–water partition coefficient (Wildman–Crippen LogP) is 5.42. The summed E-state index contributed by atoms with van der Waals surface area (Å²) in [4.78, 5) is 18.5. The number of hydrogen-bond donors (Lipinski definition) is 3. The molecule has 4 rings (SSSR count). The molecule has 1 atom stereocenters. The fourth-order valence-corrected chi connectivity index (χ4v) is 5.01. The minimum atomic E-state index is -0.787. The molecule has 2 aromatic rings. The molecule has 1 heterocycles. The Morgan fingerprint density at radius 1 is 1.21 bits per heavy atom. The van der Waals surface area contributed by atoms with Crippen LogP contribution in [0.25, 0.3) is 0 Å². The molecule has 2 fully saturated rings. The Bertz CT molecular complexity index is 963. The Labute approximate surface area is 202 Å². The largest absolute Gasteiger partial charge is 0.481 e. The molecule has 0 amide bonds. The van der Waals surface area contributed by atoms with Crippen LogP contribution in [0.1, 0.15) is 88.9 Å². The summed E-state index contributed by atoms with van der Waals surface area (Å²) in [5.74, 6) is 1.64. The topological polar surface area (TPSA) is 103 Å². The molecular weight excluding hydrogens is 430 g/mol. The van der Waals surface area contributed by atoms with Crippen molar-refractivity contribution >= 4 is 23.3 Å². The Balaban J connectivity index is 1.66. The van der Waals surface area contributed by atoms with Gasteiger partial charge in [0.2, 0.25) is 5.95 Å². The number of H-pyrrole nitrogens is 1. The van der Waals surface area contributed by atoms with Gasteiger partial charge < -0.3 is 20.1 Å². The van der Waals surface area contributed by atoms with Gasteiger partial charge in [0.25, 0.3) is 0 Å².